The summed E-state index contributed by atoms with van der Waals surface area (Å²) < 4.78 is 5.12. The third kappa shape index (κ3) is 8.53. The van der Waals surface area contributed by atoms with Crippen LogP contribution in [0.3, 0.4) is 0 Å². The number of rotatable bonds is 10. The molecular formula is C21H38IN5O. The van der Waals surface area contributed by atoms with Crippen molar-refractivity contribution in [1.82, 2.24) is 15.5 Å². The Balaban J connectivity index is 0.00000392. The van der Waals surface area contributed by atoms with Gasteiger partial charge in [0.25, 0.3) is 0 Å². The summed E-state index contributed by atoms with van der Waals surface area (Å²) in [6.45, 7) is 10.8. The maximum Gasteiger partial charge on any atom is 0.191 e. The molecule has 1 unspecified atom stereocenters. The van der Waals surface area contributed by atoms with Gasteiger partial charge in [-0.15, -0.1) is 24.0 Å². The van der Waals surface area contributed by atoms with Crippen LogP contribution in [0.5, 0.6) is 0 Å². The van der Waals surface area contributed by atoms with E-state index in [0.717, 1.165) is 38.7 Å². The molecular weight excluding hydrogens is 465 g/mol. The van der Waals surface area contributed by atoms with E-state index >= 15 is 0 Å². The molecule has 1 fully saturated rings. The van der Waals surface area contributed by atoms with E-state index in [2.05, 4.69) is 65.6 Å². The number of anilines is 1. The largest absolute Gasteiger partial charge is 0.383 e. The quantitative estimate of drug-likeness (QED) is 0.292. The van der Waals surface area contributed by atoms with Crippen molar-refractivity contribution in [3.05, 3.63) is 29.8 Å². The van der Waals surface area contributed by atoms with Crippen molar-refractivity contribution in [2.24, 2.45) is 4.99 Å². The molecule has 6 nitrogen and oxygen atoms in total. The van der Waals surface area contributed by atoms with E-state index in [9.17, 15) is 0 Å². The van der Waals surface area contributed by atoms with Crippen LogP contribution in [0.1, 0.15) is 38.3 Å². The molecule has 1 heterocycles. The van der Waals surface area contributed by atoms with E-state index in [4.69, 9.17) is 9.73 Å². The molecule has 0 aliphatic carbocycles. The highest BCUT2D eigenvalue weighted by atomic mass is 127. The Bertz CT molecular complexity index is 578. The third-order valence-corrected chi connectivity index (χ3v) is 4.97. The molecule has 2 N–H and O–H groups in total. The molecule has 1 atom stereocenters. The zero-order valence-corrected chi connectivity index (χ0v) is 20.2. The van der Waals surface area contributed by atoms with Gasteiger partial charge in [0.15, 0.2) is 5.96 Å². The Labute approximate surface area is 188 Å². The summed E-state index contributed by atoms with van der Waals surface area (Å²) >= 11 is 0. The molecule has 1 saturated heterocycles. The summed E-state index contributed by atoms with van der Waals surface area (Å²) in [5.74, 6) is 0.872. The maximum absolute atomic E-state index is 5.12. The minimum absolute atomic E-state index is 0. The van der Waals surface area contributed by atoms with Crippen LogP contribution in [0.25, 0.3) is 0 Å². The molecule has 0 saturated carbocycles. The van der Waals surface area contributed by atoms with Gasteiger partial charge in [-0.25, -0.2) is 0 Å². The number of ether oxygens (including phenoxy) is 1. The fraction of sp³-hybridized carbons (Fsp3) is 0.667. The summed E-state index contributed by atoms with van der Waals surface area (Å²) in [6.07, 6.45) is 2.60. The Kier molecular flexibility index (Phi) is 12.5. The van der Waals surface area contributed by atoms with Crippen LogP contribution in [0.2, 0.25) is 0 Å². The maximum atomic E-state index is 5.12. The lowest BCUT2D eigenvalue weighted by molar-refractivity contribution is 0.163. The van der Waals surface area contributed by atoms with Crippen LogP contribution < -0.4 is 15.5 Å². The van der Waals surface area contributed by atoms with Gasteiger partial charge in [0, 0.05) is 45.5 Å². The first-order valence-corrected chi connectivity index (χ1v) is 10.2. The van der Waals surface area contributed by atoms with Crippen LogP contribution in [0.4, 0.5) is 5.69 Å². The van der Waals surface area contributed by atoms with Gasteiger partial charge in [-0.05, 0) is 51.4 Å². The normalized spacial score (nSPS) is 15.5. The molecule has 1 aliphatic heterocycles. The molecule has 2 rings (SSSR count). The Morgan fingerprint density at radius 2 is 2.04 bits per heavy atom. The second kappa shape index (κ2) is 14.0. The van der Waals surface area contributed by atoms with Gasteiger partial charge in [0.2, 0.25) is 0 Å². The smallest absolute Gasteiger partial charge is 0.191 e. The third-order valence-electron chi connectivity index (χ3n) is 4.97. The van der Waals surface area contributed by atoms with Gasteiger partial charge in [0.05, 0.1) is 19.2 Å². The number of halogens is 1. The lowest BCUT2D eigenvalue weighted by Crippen LogP contribution is -2.39. The zero-order valence-electron chi connectivity index (χ0n) is 17.9. The first-order chi connectivity index (χ1) is 13.1. The molecule has 160 valence electrons. The molecule has 0 spiro atoms. The minimum atomic E-state index is 0. The van der Waals surface area contributed by atoms with Gasteiger partial charge in [0.1, 0.15) is 0 Å². The van der Waals surface area contributed by atoms with Crippen LogP contribution in [0, 0.1) is 0 Å². The lowest BCUT2D eigenvalue weighted by Gasteiger charge is -2.22. The average Bonchev–Trinajstić information content (AvgIpc) is 3.21. The topological polar surface area (TPSA) is 52.1 Å². The fourth-order valence-electron chi connectivity index (χ4n) is 3.27. The molecule has 0 amide bonds. The van der Waals surface area contributed by atoms with E-state index in [1.165, 1.54) is 37.2 Å². The van der Waals surface area contributed by atoms with Crippen molar-refractivity contribution in [3.63, 3.8) is 0 Å². The number of hydrogen-bond acceptors (Lipinski definition) is 4. The number of methoxy groups -OCH3 is 1. The van der Waals surface area contributed by atoms with Crippen molar-refractivity contribution < 1.29 is 4.74 Å². The van der Waals surface area contributed by atoms with Gasteiger partial charge >= 0.3 is 0 Å². The van der Waals surface area contributed by atoms with Crippen LogP contribution in [-0.4, -0.2) is 70.9 Å². The number of aliphatic imine (C=N–C) groups is 1. The molecule has 0 bridgehead atoms. The first kappa shape index (κ1) is 25.0. The Hall–Kier alpha value is -1.06. The highest BCUT2D eigenvalue weighted by Crippen LogP contribution is 2.23. The van der Waals surface area contributed by atoms with Gasteiger partial charge in [-0.2, -0.15) is 0 Å². The van der Waals surface area contributed by atoms with Gasteiger partial charge in [-0.1, -0.05) is 12.1 Å². The SMILES string of the molecule is CCNC(=NCCN(C)CCOC)NC(C)c1cccc(N2CCCC2)c1.I. The molecule has 0 radical (unpaired) electrons. The van der Waals surface area contributed by atoms with E-state index in [-0.39, 0.29) is 30.0 Å². The Morgan fingerprint density at radius 3 is 2.71 bits per heavy atom. The minimum Gasteiger partial charge on any atom is -0.383 e. The number of nitrogens with one attached hydrogen (secondary N) is 2. The Morgan fingerprint density at radius 1 is 1.29 bits per heavy atom. The van der Waals surface area contributed by atoms with Crippen LogP contribution in [-0.2, 0) is 4.74 Å². The zero-order chi connectivity index (χ0) is 19.5. The highest BCUT2D eigenvalue weighted by molar-refractivity contribution is 14.0. The van der Waals surface area contributed by atoms with E-state index < -0.39 is 0 Å². The lowest BCUT2D eigenvalue weighted by atomic mass is 10.1. The standard InChI is InChI=1S/C21H37N5O.HI/c1-5-22-21(23-11-14-25(3)15-16-27-4)24-18(2)19-9-8-10-20(17-19)26-12-6-7-13-26;/h8-10,17-18H,5-7,11-16H2,1-4H3,(H2,22,23,24);1H. The number of hydrogen-bond donors (Lipinski definition) is 2. The molecule has 1 aromatic rings. The van der Waals surface area contributed by atoms with Crippen molar-refractivity contribution in [3.8, 4) is 0 Å². The van der Waals surface area contributed by atoms with E-state index in [1.807, 2.05) is 0 Å². The number of nitrogens with zero attached hydrogens (tertiary/aromatic N) is 3. The summed E-state index contributed by atoms with van der Waals surface area (Å²) in [6, 6.07) is 9.09. The number of guanidine groups is 1. The van der Waals surface area contributed by atoms with Crippen molar-refractivity contribution in [2.45, 2.75) is 32.7 Å². The number of benzene rings is 1. The molecule has 0 aromatic heterocycles. The predicted octanol–water partition coefficient (Wildman–Crippen LogP) is 3.10. The van der Waals surface area contributed by atoms with Crippen molar-refractivity contribution in [2.75, 3.05) is 64.9 Å². The van der Waals surface area contributed by atoms with Crippen molar-refractivity contribution in [1.29, 1.82) is 0 Å². The van der Waals surface area contributed by atoms with E-state index in [0.29, 0.717) is 0 Å². The first-order valence-electron chi connectivity index (χ1n) is 10.2. The summed E-state index contributed by atoms with van der Waals surface area (Å²) in [5, 5.41) is 6.90. The average molecular weight is 503 g/mol. The highest BCUT2D eigenvalue weighted by Gasteiger charge is 2.14. The summed E-state index contributed by atoms with van der Waals surface area (Å²) in [5.41, 5.74) is 2.63. The monoisotopic (exact) mass is 503 g/mol. The molecule has 1 aliphatic rings. The molecule has 1 aromatic carbocycles. The van der Waals surface area contributed by atoms with Gasteiger partial charge < -0.3 is 25.2 Å². The summed E-state index contributed by atoms with van der Waals surface area (Å²) in [4.78, 5) is 9.44. The molecule has 7 heteroatoms. The van der Waals surface area contributed by atoms with E-state index in [1.54, 1.807) is 7.11 Å². The van der Waals surface area contributed by atoms with Crippen LogP contribution >= 0.6 is 24.0 Å². The van der Waals surface area contributed by atoms with Crippen LogP contribution in [0.15, 0.2) is 29.3 Å². The summed E-state index contributed by atoms with van der Waals surface area (Å²) in [7, 11) is 3.83. The second-order valence-electron chi connectivity index (χ2n) is 7.21. The second-order valence-corrected chi connectivity index (χ2v) is 7.21. The molecule has 28 heavy (non-hydrogen) atoms. The predicted molar refractivity (Wildman–Crippen MR) is 130 cm³/mol. The fourth-order valence-corrected chi connectivity index (χ4v) is 3.27. The number of likely N-dealkylation sites (N-methyl/N-ethyl adjacent to an activating group) is 1. The van der Waals surface area contributed by atoms with Crippen molar-refractivity contribution >= 4 is 35.6 Å². The van der Waals surface area contributed by atoms with Gasteiger partial charge in [-0.3, -0.25) is 4.99 Å².